The second kappa shape index (κ2) is 8.28. The van der Waals surface area contributed by atoms with E-state index in [4.69, 9.17) is 4.74 Å². The Bertz CT molecular complexity index is 626. The Balaban J connectivity index is 1.83. The number of fused-ring (bicyclic) bond motifs is 1. The highest BCUT2D eigenvalue weighted by Crippen LogP contribution is 2.32. The van der Waals surface area contributed by atoms with Crippen LogP contribution in [0.5, 0.6) is 0 Å². The molecule has 7 heteroatoms. The quantitative estimate of drug-likeness (QED) is 0.763. The van der Waals surface area contributed by atoms with Crippen molar-refractivity contribution in [3.8, 4) is 0 Å². The minimum atomic E-state index is -0.660. The molecule has 1 aliphatic rings. The zero-order chi connectivity index (χ0) is 17.7. The van der Waals surface area contributed by atoms with Crippen molar-refractivity contribution in [1.29, 1.82) is 0 Å². The molecule has 0 fully saturated rings. The third-order valence-electron chi connectivity index (χ3n) is 3.99. The molecule has 1 heterocycles. The minimum absolute atomic E-state index is 0.266. The van der Waals surface area contributed by atoms with Crippen molar-refractivity contribution in [2.75, 3.05) is 13.2 Å². The third kappa shape index (κ3) is 4.80. The molecule has 0 aromatic carbocycles. The van der Waals surface area contributed by atoms with Gasteiger partial charge >= 0.3 is 5.97 Å². The molecule has 132 valence electrons. The van der Waals surface area contributed by atoms with E-state index >= 15 is 0 Å². The standard InChI is InChI=1S/C17H24N2O4S/c1-4-18-16(21)11(3)19-15(20)9-23-17(22)14-8-12-7-10(2)5-6-13(12)24-14/h8,10-11H,4-7,9H2,1-3H3,(H,18,21)(H,19,20)/t10-,11-/m1/s1. The van der Waals surface area contributed by atoms with Crippen LogP contribution in [0.1, 0.15) is 47.3 Å². The Morgan fingerprint density at radius 3 is 2.88 bits per heavy atom. The van der Waals surface area contributed by atoms with E-state index in [1.165, 1.54) is 21.8 Å². The van der Waals surface area contributed by atoms with E-state index in [9.17, 15) is 14.4 Å². The summed E-state index contributed by atoms with van der Waals surface area (Å²) in [4.78, 5) is 37.2. The number of hydrogen-bond acceptors (Lipinski definition) is 5. The molecule has 0 saturated heterocycles. The van der Waals surface area contributed by atoms with Crippen LogP contribution >= 0.6 is 11.3 Å². The molecule has 2 atom stereocenters. The zero-order valence-electron chi connectivity index (χ0n) is 14.3. The second-order valence-electron chi connectivity index (χ2n) is 6.17. The van der Waals surface area contributed by atoms with E-state index in [1.54, 1.807) is 13.8 Å². The number of amides is 2. The molecule has 1 aromatic heterocycles. The highest BCUT2D eigenvalue weighted by atomic mass is 32.1. The first-order valence-corrected chi connectivity index (χ1v) is 9.08. The lowest BCUT2D eigenvalue weighted by molar-refractivity contribution is -0.130. The molecule has 2 rings (SSSR count). The smallest absolute Gasteiger partial charge is 0.348 e. The summed E-state index contributed by atoms with van der Waals surface area (Å²) < 4.78 is 5.06. The Morgan fingerprint density at radius 1 is 1.42 bits per heavy atom. The van der Waals surface area contributed by atoms with Crippen molar-refractivity contribution >= 4 is 29.1 Å². The van der Waals surface area contributed by atoms with Gasteiger partial charge < -0.3 is 15.4 Å². The fraction of sp³-hybridized carbons (Fsp3) is 0.588. The van der Waals surface area contributed by atoms with E-state index in [0.717, 1.165) is 19.3 Å². The van der Waals surface area contributed by atoms with Crippen LogP contribution in [0, 0.1) is 5.92 Å². The summed E-state index contributed by atoms with van der Waals surface area (Å²) in [6.07, 6.45) is 3.13. The molecular formula is C17H24N2O4S. The van der Waals surface area contributed by atoms with Gasteiger partial charge in [-0.1, -0.05) is 6.92 Å². The number of carbonyl (C=O) groups excluding carboxylic acids is 3. The minimum Gasteiger partial charge on any atom is -0.451 e. The highest BCUT2D eigenvalue weighted by molar-refractivity contribution is 7.14. The number of ether oxygens (including phenoxy) is 1. The van der Waals surface area contributed by atoms with Crippen molar-refractivity contribution in [2.45, 2.75) is 46.1 Å². The van der Waals surface area contributed by atoms with Gasteiger partial charge in [0.2, 0.25) is 5.91 Å². The normalized spacial score (nSPS) is 17.5. The first-order chi connectivity index (χ1) is 11.4. The Morgan fingerprint density at radius 2 is 2.17 bits per heavy atom. The van der Waals surface area contributed by atoms with Crippen LogP contribution in [0.4, 0.5) is 0 Å². The highest BCUT2D eigenvalue weighted by Gasteiger charge is 2.22. The zero-order valence-corrected chi connectivity index (χ0v) is 15.1. The van der Waals surface area contributed by atoms with Crippen LogP contribution < -0.4 is 10.6 Å². The molecule has 0 bridgehead atoms. The molecule has 0 aliphatic heterocycles. The van der Waals surface area contributed by atoms with Gasteiger partial charge in [0.25, 0.3) is 5.91 Å². The summed E-state index contributed by atoms with van der Waals surface area (Å²) >= 11 is 1.45. The largest absolute Gasteiger partial charge is 0.451 e. The Labute approximate surface area is 146 Å². The average molecular weight is 352 g/mol. The lowest BCUT2D eigenvalue weighted by Crippen LogP contribution is -2.46. The number of aryl methyl sites for hydroxylation is 1. The lowest BCUT2D eigenvalue weighted by Gasteiger charge is -2.16. The molecule has 0 unspecified atom stereocenters. The predicted molar refractivity (Wildman–Crippen MR) is 92.1 cm³/mol. The number of rotatable bonds is 6. The van der Waals surface area contributed by atoms with Gasteiger partial charge in [-0.25, -0.2) is 4.79 Å². The first kappa shape index (κ1) is 18.4. The molecule has 2 amide bonds. The first-order valence-electron chi connectivity index (χ1n) is 8.26. The lowest BCUT2D eigenvalue weighted by atomic mass is 9.90. The molecule has 2 N–H and O–H groups in total. The molecule has 1 aliphatic carbocycles. The molecule has 24 heavy (non-hydrogen) atoms. The molecule has 1 aromatic rings. The van der Waals surface area contributed by atoms with Gasteiger partial charge in [0, 0.05) is 11.4 Å². The van der Waals surface area contributed by atoms with Crippen LogP contribution in [0.25, 0.3) is 0 Å². The number of thiophene rings is 1. The Kier molecular flexibility index (Phi) is 6.36. The SMILES string of the molecule is CCNC(=O)[C@@H](C)NC(=O)COC(=O)c1cc2c(s1)CC[C@@H](C)C2. The van der Waals surface area contributed by atoms with Crippen molar-refractivity contribution in [3.05, 3.63) is 21.4 Å². The molecular weight excluding hydrogens is 328 g/mol. The number of hydrogen-bond donors (Lipinski definition) is 2. The molecule has 0 radical (unpaired) electrons. The van der Waals surface area contributed by atoms with E-state index in [-0.39, 0.29) is 12.5 Å². The van der Waals surface area contributed by atoms with Crippen molar-refractivity contribution in [2.24, 2.45) is 5.92 Å². The average Bonchev–Trinajstić information content (AvgIpc) is 2.95. The number of esters is 1. The van der Waals surface area contributed by atoms with Gasteiger partial charge in [-0.3, -0.25) is 9.59 Å². The van der Waals surface area contributed by atoms with Crippen LogP contribution in [-0.2, 0) is 27.2 Å². The fourth-order valence-electron chi connectivity index (χ4n) is 2.68. The van der Waals surface area contributed by atoms with E-state index in [2.05, 4.69) is 17.6 Å². The van der Waals surface area contributed by atoms with E-state index in [1.807, 2.05) is 6.07 Å². The summed E-state index contributed by atoms with van der Waals surface area (Å²) in [7, 11) is 0. The maximum Gasteiger partial charge on any atom is 0.348 e. The van der Waals surface area contributed by atoms with Crippen LogP contribution in [0.2, 0.25) is 0 Å². The van der Waals surface area contributed by atoms with Gasteiger partial charge in [-0.15, -0.1) is 11.3 Å². The maximum atomic E-state index is 12.1. The molecule has 6 nitrogen and oxygen atoms in total. The van der Waals surface area contributed by atoms with Crippen molar-refractivity contribution in [3.63, 3.8) is 0 Å². The number of carbonyl (C=O) groups is 3. The monoisotopic (exact) mass is 352 g/mol. The van der Waals surface area contributed by atoms with Crippen LogP contribution in [-0.4, -0.2) is 37.0 Å². The summed E-state index contributed by atoms with van der Waals surface area (Å²) in [5.74, 6) is -0.602. The number of nitrogens with one attached hydrogen (secondary N) is 2. The van der Waals surface area contributed by atoms with E-state index < -0.39 is 17.9 Å². The van der Waals surface area contributed by atoms with Crippen molar-refractivity contribution in [1.82, 2.24) is 10.6 Å². The second-order valence-corrected chi connectivity index (χ2v) is 7.30. The summed E-state index contributed by atoms with van der Waals surface area (Å²) in [6, 6.07) is 1.22. The van der Waals surface area contributed by atoms with Crippen LogP contribution in [0.3, 0.4) is 0 Å². The number of likely N-dealkylation sites (N-methyl/N-ethyl adjacent to an activating group) is 1. The van der Waals surface area contributed by atoms with E-state index in [0.29, 0.717) is 17.3 Å². The molecule has 0 spiro atoms. The van der Waals surface area contributed by atoms with Gasteiger partial charge in [0.1, 0.15) is 10.9 Å². The predicted octanol–water partition coefficient (Wildman–Crippen LogP) is 1.67. The summed E-state index contributed by atoms with van der Waals surface area (Å²) in [5.41, 5.74) is 1.22. The maximum absolute atomic E-state index is 12.1. The summed E-state index contributed by atoms with van der Waals surface area (Å²) in [5, 5.41) is 5.11. The topological polar surface area (TPSA) is 84.5 Å². The third-order valence-corrected chi connectivity index (χ3v) is 5.20. The van der Waals surface area contributed by atoms with Gasteiger partial charge in [-0.2, -0.15) is 0 Å². The van der Waals surface area contributed by atoms with Gasteiger partial charge in [0.05, 0.1) is 0 Å². The van der Waals surface area contributed by atoms with Gasteiger partial charge in [0.15, 0.2) is 6.61 Å². The van der Waals surface area contributed by atoms with Crippen molar-refractivity contribution < 1.29 is 19.1 Å². The Hall–Kier alpha value is -1.89. The van der Waals surface area contributed by atoms with Crippen LogP contribution in [0.15, 0.2) is 6.07 Å². The summed E-state index contributed by atoms with van der Waals surface area (Å²) in [6.45, 7) is 5.70. The molecule has 0 saturated carbocycles. The fourth-order valence-corrected chi connectivity index (χ4v) is 3.79. The van der Waals surface area contributed by atoms with Gasteiger partial charge in [-0.05, 0) is 50.7 Å².